The summed E-state index contributed by atoms with van der Waals surface area (Å²) in [5.74, 6) is 0. The summed E-state index contributed by atoms with van der Waals surface area (Å²) in [5.41, 5.74) is 0. The molecule has 0 spiro atoms. The number of hydrogen-bond donors (Lipinski definition) is 0. The third kappa shape index (κ3) is 15.7. The Labute approximate surface area is 110 Å². The second-order valence-electron chi connectivity index (χ2n) is 5.15. The van der Waals surface area contributed by atoms with Crippen LogP contribution in [0.4, 0.5) is 0 Å². The van der Waals surface area contributed by atoms with Crippen LogP contribution in [-0.4, -0.2) is 0 Å². The van der Waals surface area contributed by atoms with Gasteiger partial charge in [-0.2, -0.15) is 0 Å². The van der Waals surface area contributed by atoms with Crippen LogP contribution in [0.15, 0.2) is 12.2 Å². The van der Waals surface area contributed by atoms with Crippen LogP contribution in [0.3, 0.4) is 0 Å². The fourth-order valence-corrected chi connectivity index (χ4v) is 2.22. The van der Waals surface area contributed by atoms with E-state index in [1.54, 1.807) is 0 Å². The molecule has 0 aliphatic heterocycles. The molecule has 101 valence electrons. The highest BCUT2D eigenvalue weighted by Crippen LogP contribution is 2.12. The zero-order valence-electron chi connectivity index (χ0n) is 12.1. The topological polar surface area (TPSA) is 0 Å². The highest BCUT2D eigenvalue weighted by Gasteiger charge is 1.92. The van der Waals surface area contributed by atoms with Gasteiger partial charge in [0.1, 0.15) is 0 Å². The van der Waals surface area contributed by atoms with E-state index in [1.807, 2.05) is 6.08 Å². The SMILES string of the molecule is [CH2]C=CCCCCCCCCCCCCCC. The van der Waals surface area contributed by atoms with E-state index in [0.717, 1.165) is 0 Å². The van der Waals surface area contributed by atoms with Crippen molar-refractivity contribution in [2.75, 3.05) is 0 Å². The molecule has 0 aromatic carbocycles. The molecule has 0 heteroatoms. The molecular formula is C17H33. The third-order valence-corrected chi connectivity index (χ3v) is 3.39. The molecule has 0 aromatic heterocycles. The van der Waals surface area contributed by atoms with Crippen molar-refractivity contribution in [3.05, 3.63) is 19.1 Å². The molecule has 1 radical (unpaired) electrons. The number of hydrogen-bond acceptors (Lipinski definition) is 0. The summed E-state index contributed by atoms with van der Waals surface area (Å²) in [4.78, 5) is 0. The summed E-state index contributed by atoms with van der Waals surface area (Å²) >= 11 is 0. The molecule has 0 fully saturated rings. The normalized spacial score (nSPS) is 11.4. The van der Waals surface area contributed by atoms with Crippen LogP contribution >= 0.6 is 0 Å². The highest BCUT2D eigenvalue weighted by atomic mass is 14.0. The van der Waals surface area contributed by atoms with Crippen LogP contribution in [0.1, 0.15) is 90.4 Å². The minimum Gasteiger partial charge on any atom is -0.0885 e. The summed E-state index contributed by atoms with van der Waals surface area (Å²) in [5, 5.41) is 0. The van der Waals surface area contributed by atoms with Gasteiger partial charge in [0.2, 0.25) is 0 Å². The first-order valence-electron chi connectivity index (χ1n) is 7.86. The first-order chi connectivity index (χ1) is 8.41. The van der Waals surface area contributed by atoms with Crippen LogP contribution in [0.2, 0.25) is 0 Å². The minimum absolute atomic E-state index is 1.22. The quantitative estimate of drug-likeness (QED) is 0.322. The van der Waals surface area contributed by atoms with Gasteiger partial charge in [-0.1, -0.05) is 89.7 Å². The summed E-state index contributed by atoms with van der Waals surface area (Å²) in [6, 6.07) is 0. The maximum absolute atomic E-state index is 3.70. The van der Waals surface area contributed by atoms with Crippen molar-refractivity contribution in [1.29, 1.82) is 0 Å². The predicted molar refractivity (Wildman–Crippen MR) is 80.2 cm³/mol. The smallest absolute Gasteiger partial charge is 0.0316 e. The molecular weight excluding hydrogens is 204 g/mol. The standard InChI is InChI=1S/C17H33/c1-3-5-7-9-11-13-15-17-16-14-12-10-8-6-4-2/h3,5H,1,4,6-17H2,2H3. The van der Waals surface area contributed by atoms with Crippen molar-refractivity contribution in [3.8, 4) is 0 Å². The molecule has 0 N–H and O–H groups in total. The van der Waals surface area contributed by atoms with E-state index in [1.165, 1.54) is 83.5 Å². The maximum Gasteiger partial charge on any atom is -0.0316 e. The van der Waals surface area contributed by atoms with E-state index in [-0.39, 0.29) is 0 Å². The van der Waals surface area contributed by atoms with Gasteiger partial charge in [0.15, 0.2) is 0 Å². The monoisotopic (exact) mass is 237 g/mol. The van der Waals surface area contributed by atoms with Gasteiger partial charge >= 0.3 is 0 Å². The largest absolute Gasteiger partial charge is 0.0885 e. The van der Waals surface area contributed by atoms with Crippen molar-refractivity contribution in [3.63, 3.8) is 0 Å². The summed E-state index contributed by atoms with van der Waals surface area (Å²) in [7, 11) is 0. The molecule has 0 saturated heterocycles. The molecule has 0 aliphatic carbocycles. The molecule has 0 rings (SSSR count). The van der Waals surface area contributed by atoms with Crippen LogP contribution in [-0.2, 0) is 0 Å². The van der Waals surface area contributed by atoms with Crippen LogP contribution in [0.25, 0.3) is 0 Å². The van der Waals surface area contributed by atoms with Gasteiger partial charge in [0.05, 0.1) is 0 Å². The lowest BCUT2D eigenvalue weighted by Gasteiger charge is -2.02. The Morgan fingerprint density at radius 3 is 1.47 bits per heavy atom. The van der Waals surface area contributed by atoms with Crippen molar-refractivity contribution in [2.24, 2.45) is 0 Å². The van der Waals surface area contributed by atoms with E-state index < -0.39 is 0 Å². The van der Waals surface area contributed by atoms with E-state index in [9.17, 15) is 0 Å². The molecule has 0 atom stereocenters. The molecule has 0 nitrogen and oxygen atoms in total. The van der Waals surface area contributed by atoms with Gasteiger partial charge in [0.25, 0.3) is 0 Å². The number of allylic oxidation sites excluding steroid dienone is 2. The zero-order valence-corrected chi connectivity index (χ0v) is 12.1. The van der Waals surface area contributed by atoms with Crippen molar-refractivity contribution in [2.45, 2.75) is 90.4 Å². The average molecular weight is 237 g/mol. The molecule has 0 bridgehead atoms. The third-order valence-electron chi connectivity index (χ3n) is 3.39. The molecule has 0 aliphatic rings. The van der Waals surface area contributed by atoms with Gasteiger partial charge in [-0.05, 0) is 19.8 Å². The van der Waals surface area contributed by atoms with Gasteiger partial charge in [-0.25, -0.2) is 0 Å². The first kappa shape index (κ1) is 16.7. The lowest BCUT2D eigenvalue weighted by Crippen LogP contribution is -1.82. The summed E-state index contributed by atoms with van der Waals surface area (Å²) in [6.07, 6.45) is 22.5. The number of rotatable bonds is 13. The zero-order chi connectivity index (χ0) is 12.6. The molecule has 17 heavy (non-hydrogen) atoms. The van der Waals surface area contributed by atoms with Crippen LogP contribution < -0.4 is 0 Å². The number of unbranched alkanes of at least 4 members (excludes halogenated alkanes) is 12. The van der Waals surface area contributed by atoms with E-state index in [4.69, 9.17) is 0 Å². The maximum atomic E-state index is 3.70. The Morgan fingerprint density at radius 1 is 0.647 bits per heavy atom. The van der Waals surface area contributed by atoms with Crippen molar-refractivity contribution in [1.82, 2.24) is 0 Å². The first-order valence-corrected chi connectivity index (χ1v) is 7.86. The van der Waals surface area contributed by atoms with E-state index in [0.29, 0.717) is 0 Å². The van der Waals surface area contributed by atoms with Crippen molar-refractivity contribution >= 4 is 0 Å². The van der Waals surface area contributed by atoms with Crippen molar-refractivity contribution < 1.29 is 0 Å². The molecule has 0 unspecified atom stereocenters. The molecule has 0 saturated carbocycles. The van der Waals surface area contributed by atoms with E-state index in [2.05, 4.69) is 19.9 Å². The Hall–Kier alpha value is -0.260. The van der Waals surface area contributed by atoms with Crippen LogP contribution in [0, 0.1) is 6.92 Å². The average Bonchev–Trinajstić information content (AvgIpc) is 2.35. The summed E-state index contributed by atoms with van der Waals surface area (Å²) in [6.45, 7) is 5.98. The Kier molecular flexibility index (Phi) is 15.5. The van der Waals surface area contributed by atoms with Gasteiger partial charge in [-0.3, -0.25) is 0 Å². The molecule has 0 heterocycles. The van der Waals surface area contributed by atoms with E-state index >= 15 is 0 Å². The lowest BCUT2D eigenvalue weighted by molar-refractivity contribution is 0.545. The fourth-order valence-electron chi connectivity index (χ4n) is 2.22. The Balaban J connectivity index is 2.89. The van der Waals surface area contributed by atoms with Gasteiger partial charge < -0.3 is 0 Å². The van der Waals surface area contributed by atoms with Crippen LogP contribution in [0.5, 0.6) is 0 Å². The predicted octanol–water partition coefficient (Wildman–Crippen LogP) is 6.47. The minimum atomic E-state index is 1.22. The van der Waals surface area contributed by atoms with Gasteiger partial charge in [0, 0.05) is 0 Å². The second kappa shape index (κ2) is 15.7. The summed E-state index contributed by atoms with van der Waals surface area (Å²) < 4.78 is 0. The lowest BCUT2D eigenvalue weighted by atomic mass is 10.0. The Morgan fingerprint density at radius 2 is 1.06 bits per heavy atom. The fraction of sp³-hybridized carbons (Fsp3) is 0.824. The Bertz CT molecular complexity index is 146. The highest BCUT2D eigenvalue weighted by molar-refractivity contribution is 4.83. The van der Waals surface area contributed by atoms with Gasteiger partial charge in [-0.15, -0.1) is 0 Å². The molecule has 0 amide bonds. The molecule has 0 aromatic rings. The second-order valence-corrected chi connectivity index (χ2v) is 5.15.